The van der Waals surface area contributed by atoms with Gasteiger partial charge in [0.05, 0.1) is 7.11 Å². The maximum atomic E-state index is 11.7. The molecule has 0 aliphatic heterocycles. The smallest absolute Gasteiger partial charge is 0.225 e. The third-order valence-corrected chi connectivity index (χ3v) is 3.11. The highest BCUT2D eigenvalue weighted by Crippen LogP contribution is 2.31. The summed E-state index contributed by atoms with van der Waals surface area (Å²) < 4.78 is 5.36. The fourth-order valence-corrected chi connectivity index (χ4v) is 1.95. The fourth-order valence-electron chi connectivity index (χ4n) is 1.95. The lowest BCUT2D eigenvalue weighted by atomic mass is 10.0. The van der Waals surface area contributed by atoms with Crippen LogP contribution in [0.15, 0.2) is 6.07 Å². The van der Waals surface area contributed by atoms with Crippen LogP contribution in [0.1, 0.15) is 23.1 Å². The van der Waals surface area contributed by atoms with E-state index in [1.807, 2.05) is 33.9 Å². The van der Waals surface area contributed by atoms with Gasteiger partial charge in [-0.25, -0.2) is 0 Å². The highest BCUT2D eigenvalue weighted by molar-refractivity contribution is 5.92. The summed E-state index contributed by atoms with van der Waals surface area (Å²) in [7, 11) is 3.50. The number of anilines is 1. The summed E-state index contributed by atoms with van der Waals surface area (Å²) in [6.45, 7) is 6.66. The largest absolute Gasteiger partial charge is 0.496 e. The first-order valence-corrected chi connectivity index (χ1v) is 6.10. The number of benzene rings is 1. The lowest BCUT2D eigenvalue weighted by Gasteiger charge is -2.16. The number of methoxy groups -OCH3 is 1. The topological polar surface area (TPSA) is 50.4 Å². The number of ether oxygens (including phenoxy) is 1. The Bertz CT molecular complexity index is 442. The van der Waals surface area contributed by atoms with Gasteiger partial charge in [0.25, 0.3) is 0 Å². The quantitative estimate of drug-likeness (QED) is 0.842. The average molecular weight is 250 g/mol. The van der Waals surface area contributed by atoms with E-state index < -0.39 is 0 Å². The van der Waals surface area contributed by atoms with Gasteiger partial charge in [-0.1, -0.05) is 0 Å². The van der Waals surface area contributed by atoms with Crippen molar-refractivity contribution in [2.24, 2.45) is 0 Å². The Hall–Kier alpha value is -1.55. The Kier molecular flexibility index (Phi) is 5.16. The number of hydrogen-bond acceptors (Lipinski definition) is 3. The molecule has 0 unspecified atom stereocenters. The van der Waals surface area contributed by atoms with Crippen molar-refractivity contribution in [3.8, 4) is 5.75 Å². The van der Waals surface area contributed by atoms with E-state index in [0.717, 1.165) is 28.1 Å². The molecule has 0 spiro atoms. The van der Waals surface area contributed by atoms with Crippen LogP contribution in [0.3, 0.4) is 0 Å². The SMILES string of the molecule is CNCCC(=O)Nc1cc(C)c(OC)c(C)c1C. The first-order valence-electron chi connectivity index (χ1n) is 6.10. The van der Waals surface area contributed by atoms with Gasteiger partial charge in [-0.3, -0.25) is 4.79 Å². The van der Waals surface area contributed by atoms with Gasteiger partial charge in [0, 0.05) is 18.7 Å². The minimum absolute atomic E-state index is 0.0245. The van der Waals surface area contributed by atoms with Crippen LogP contribution in [0.5, 0.6) is 5.75 Å². The number of amides is 1. The minimum Gasteiger partial charge on any atom is -0.496 e. The highest BCUT2D eigenvalue weighted by atomic mass is 16.5. The molecule has 4 heteroatoms. The number of hydrogen-bond donors (Lipinski definition) is 2. The molecule has 0 saturated carbocycles. The van der Waals surface area contributed by atoms with E-state index in [0.29, 0.717) is 13.0 Å². The molecule has 0 saturated heterocycles. The van der Waals surface area contributed by atoms with Crippen molar-refractivity contribution >= 4 is 11.6 Å². The monoisotopic (exact) mass is 250 g/mol. The molecule has 1 amide bonds. The number of carbonyl (C=O) groups excluding carboxylic acids is 1. The van der Waals surface area contributed by atoms with Gasteiger partial charge in [-0.2, -0.15) is 0 Å². The number of nitrogens with one attached hydrogen (secondary N) is 2. The van der Waals surface area contributed by atoms with E-state index >= 15 is 0 Å². The Morgan fingerprint density at radius 1 is 1.28 bits per heavy atom. The Morgan fingerprint density at radius 2 is 1.94 bits per heavy atom. The van der Waals surface area contributed by atoms with Crippen molar-refractivity contribution in [2.45, 2.75) is 27.2 Å². The maximum Gasteiger partial charge on any atom is 0.225 e. The van der Waals surface area contributed by atoms with Crippen LogP contribution in [0, 0.1) is 20.8 Å². The first-order chi connectivity index (χ1) is 8.51. The van der Waals surface area contributed by atoms with Crippen molar-refractivity contribution in [3.63, 3.8) is 0 Å². The number of carbonyl (C=O) groups is 1. The molecule has 4 nitrogen and oxygen atoms in total. The summed E-state index contributed by atoms with van der Waals surface area (Å²) in [6, 6.07) is 1.96. The van der Waals surface area contributed by atoms with Gasteiger partial charge in [0.2, 0.25) is 5.91 Å². The van der Waals surface area contributed by atoms with Crippen LogP contribution in [-0.2, 0) is 4.79 Å². The van der Waals surface area contributed by atoms with E-state index in [2.05, 4.69) is 10.6 Å². The standard InChI is InChI=1S/C14H22N2O2/c1-9-8-12(16-13(17)6-7-15-4)10(2)11(3)14(9)18-5/h8,15H,6-7H2,1-5H3,(H,16,17). The zero-order chi connectivity index (χ0) is 13.7. The van der Waals surface area contributed by atoms with E-state index in [1.165, 1.54) is 0 Å². The predicted octanol–water partition coefficient (Wildman–Crippen LogP) is 2.17. The lowest BCUT2D eigenvalue weighted by molar-refractivity contribution is -0.116. The molecular weight excluding hydrogens is 228 g/mol. The van der Waals surface area contributed by atoms with Crippen LogP contribution < -0.4 is 15.4 Å². The summed E-state index contributed by atoms with van der Waals surface area (Å²) in [4.78, 5) is 11.7. The van der Waals surface area contributed by atoms with Crippen LogP contribution >= 0.6 is 0 Å². The Morgan fingerprint density at radius 3 is 2.50 bits per heavy atom. The molecule has 100 valence electrons. The van der Waals surface area contributed by atoms with Gasteiger partial charge in [-0.15, -0.1) is 0 Å². The third-order valence-electron chi connectivity index (χ3n) is 3.11. The molecule has 1 rings (SSSR count). The average Bonchev–Trinajstić information content (AvgIpc) is 2.33. The normalized spacial score (nSPS) is 10.3. The summed E-state index contributed by atoms with van der Waals surface area (Å²) in [6.07, 6.45) is 0.472. The molecular formula is C14H22N2O2. The van der Waals surface area contributed by atoms with Gasteiger partial charge >= 0.3 is 0 Å². The summed E-state index contributed by atoms with van der Waals surface area (Å²) in [5, 5.41) is 5.90. The Balaban J connectivity index is 2.94. The molecule has 0 bridgehead atoms. The molecule has 2 N–H and O–H groups in total. The molecule has 18 heavy (non-hydrogen) atoms. The minimum atomic E-state index is 0.0245. The van der Waals surface area contributed by atoms with Crippen LogP contribution in [0.4, 0.5) is 5.69 Å². The van der Waals surface area contributed by atoms with Gasteiger partial charge < -0.3 is 15.4 Å². The van der Waals surface area contributed by atoms with Crippen molar-refractivity contribution < 1.29 is 9.53 Å². The second kappa shape index (κ2) is 6.40. The highest BCUT2D eigenvalue weighted by Gasteiger charge is 2.12. The molecule has 0 fully saturated rings. The van der Waals surface area contributed by atoms with Crippen molar-refractivity contribution in [3.05, 3.63) is 22.8 Å². The second-order valence-corrected chi connectivity index (χ2v) is 4.43. The zero-order valence-electron chi connectivity index (χ0n) is 11.8. The second-order valence-electron chi connectivity index (χ2n) is 4.43. The lowest BCUT2D eigenvalue weighted by Crippen LogP contribution is -2.19. The third kappa shape index (κ3) is 3.23. The van der Waals surface area contributed by atoms with Crippen LogP contribution in [0.2, 0.25) is 0 Å². The molecule has 0 heterocycles. The zero-order valence-corrected chi connectivity index (χ0v) is 11.8. The summed E-state index contributed by atoms with van der Waals surface area (Å²) in [5.41, 5.74) is 4.02. The van der Waals surface area contributed by atoms with Gasteiger partial charge in [0.1, 0.15) is 5.75 Å². The fraction of sp³-hybridized carbons (Fsp3) is 0.500. The number of aryl methyl sites for hydroxylation is 1. The molecule has 0 radical (unpaired) electrons. The molecule has 0 aliphatic rings. The molecule has 0 aromatic heterocycles. The van der Waals surface area contributed by atoms with E-state index in [4.69, 9.17) is 4.74 Å². The summed E-state index contributed by atoms with van der Waals surface area (Å²) in [5.74, 6) is 0.914. The predicted molar refractivity (Wildman–Crippen MR) is 74.4 cm³/mol. The van der Waals surface area contributed by atoms with Crippen molar-refractivity contribution in [2.75, 3.05) is 26.0 Å². The van der Waals surface area contributed by atoms with E-state index in [9.17, 15) is 4.79 Å². The molecule has 0 aliphatic carbocycles. The van der Waals surface area contributed by atoms with Gasteiger partial charge in [-0.05, 0) is 50.6 Å². The molecule has 0 atom stereocenters. The van der Waals surface area contributed by atoms with Crippen molar-refractivity contribution in [1.82, 2.24) is 5.32 Å². The number of rotatable bonds is 5. The van der Waals surface area contributed by atoms with Crippen LogP contribution in [-0.4, -0.2) is 26.6 Å². The first kappa shape index (κ1) is 14.5. The van der Waals surface area contributed by atoms with Gasteiger partial charge in [0.15, 0.2) is 0 Å². The maximum absolute atomic E-state index is 11.7. The van der Waals surface area contributed by atoms with Crippen LogP contribution in [0.25, 0.3) is 0 Å². The molecule has 1 aromatic rings. The van der Waals surface area contributed by atoms with Crippen molar-refractivity contribution in [1.29, 1.82) is 0 Å². The molecule has 1 aromatic carbocycles. The Labute approximate surface area is 109 Å². The van der Waals surface area contributed by atoms with E-state index in [1.54, 1.807) is 7.11 Å². The van der Waals surface area contributed by atoms with E-state index in [-0.39, 0.29) is 5.91 Å². The summed E-state index contributed by atoms with van der Waals surface area (Å²) >= 11 is 0.